The van der Waals surface area contributed by atoms with Crippen LogP contribution in [0.1, 0.15) is 18.5 Å². The van der Waals surface area contributed by atoms with Gasteiger partial charge < -0.3 is 0 Å². The molecule has 0 fully saturated rings. The molecule has 2 aromatic rings. The Morgan fingerprint density at radius 2 is 1.87 bits per heavy atom. The third-order valence-electron chi connectivity index (χ3n) is 3.39. The predicted octanol–water partition coefficient (Wildman–Crippen LogP) is 5.19. The first-order valence-corrected chi connectivity index (χ1v) is 9.75. The highest BCUT2D eigenvalue weighted by Crippen LogP contribution is 2.33. The molecule has 0 aliphatic rings. The van der Waals surface area contributed by atoms with Crippen LogP contribution in [-0.2, 0) is 10.0 Å². The second kappa shape index (κ2) is 7.25. The van der Waals surface area contributed by atoms with Gasteiger partial charge in [-0.3, -0.25) is 0 Å². The highest BCUT2D eigenvalue weighted by atomic mass is 79.9. The van der Waals surface area contributed by atoms with Crippen molar-refractivity contribution in [2.24, 2.45) is 0 Å². The first-order valence-electron chi connectivity index (χ1n) is 6.38. The Morgan fingerprint density at radius 3 is 2.48 bits per heavy atom. The zero-order chi connectivity index (χ0) is 17.4. The van der Waals surface area contributed by atoms with Crippen molar-refractivity contribution in [3.63, 3.8) is 0 Å². The van der Waals surface area contributed by atoms with Crippen molar-refractivity contribution < 1.29 is 8.42 Å². The number of halogens is 4. The molecule has 1 unspecified atom stereocenters. The van der Waals surface area contributed by atoms with Gasteiger partial charge in [-0.25, -0.2) is 13.4 Å². The largest absolute Gasteiger partial charge is 0.246 e. The van der Waals surface area contributed by atoms with Crippen molar-refractivity contribution in [1.82, 2.24) is 9.29 Å². The molecule has 0 N–H and O–H groups in total. The second-order valence-corrected chi connectivity index (χ2v) is 8.89. The number of rotatable bonds is 4. The summed E-state index contributed by atoms with van der Waals surface area (Å²) in [5, 5.41) is 0.788. The van der Waals surface area contributed by atoms with Crippen LogP contribution in [-0.4, -0.2) is 24.8 Å². The van der Waals surface area contributed by atoms with E-state index >= 15 is 0 Å². The van der Waals surface area contributed by atoms with Crippen LogP contribution in [0.4, 0.5) is 0 Å². The van der Waals surface area contributed by atoms with Crippen molar-refractivity contribution >= 4 is 60.8 Å². The third kappa shape index (κ3) is 4.00. The lowest BCUT2D eigenvalue weighted by molar-refractivity contribution is 0.398. The summed E-state index contributed by atoms with van der Waals surface area (Å²) in [5.41, 5.74) is 0.640. The molecule has 1 aromatic heterocycles. The first kappa shape index (κ1) is 19.0. The summed E-state index contributed by atoms with van der Waals surface area (Å²) in [6.45, 7) is 1.73. The van der Waals surface area contributed by atoms with Gasteiger partial charge in [0.15, 0.2) is 0 Å². The maximum absolute atomic E-state index is 12.8. The van der Waals surface area contributed by atoms with E-state index in [1.165, 1.54) is 23.6 Å². The number of sulfonamides is 1. The Hall–Kier alpha value is -0.370. The molecule has 4 nitrogen and oxygen atoms in total. The molecular formula is C14H12BrCl3N2O2S. The maximum Gasteiger partial charge on any atom is 0.246 e. The highest BCUT2D eigenvalue weighted by molar-refractivity contribution is 9.10. The zero-order valence-corrected chi connectivity index (χ0v) is 16.8. The summed E-state index contributed by atoms with van der Waals surface area (Å²) in [7, 11) is -2.39. The Labute approximate surface area is 158 Å². The van der Waals surface area contributed by atoms with Gasteiger partial charge in [0, 0.05) is 33.8 Å². The lowest BCUT2D eigenvalue weighted by Crippen LogP contribution is -2.30. The van der Waals surface area contributed by atoms with Gasteiger partial charge in [-0.15, -0.1) is 0 Å². The van der Waals surface area contributed by atoms with E-state index in [1.807, 2.05) is 0 Å². The van der Waals surface area contributed by atoms with Crippen molar-refractivity contribution in [3.05, 3.63) is 55.7 Å². The normalized spacial score (nSPS) is 13.3. The Morgan fingerprint density at radius 1 is 1.22 bits per heavy atom. The maximum atomic E-state index is 12.8. The predicted molar refractivity (Wildman–Crippen MR) is 96.8 cm³/mol. The minimum absolute atomic E-state index is 0.0759. The van der Waals surface area contributed by atoms with Gasteiger partial charge in [0.2, 0.25) is 10.0 Å². The van der Waals surface area contributed by atoms with Crippen LogP contribution in [0.15, 0.2) is 39.8 Å². The van der Waals surface area contributed by atoms with Crippen LogP contribution in [0.5, 0.6) is 0 Å². The average molecular weight is 459 g/mol. The molecule has 0 bridgehead atoms. The molecule has 1 atom stereocenters. The molecule has 0 saturated carbocycles. The Bertz CT molecular complexity index is 846. The second-order valence-electron chi connectivity index (χ2n) is 4.81. The molecule has 124 valence electrons. The van der Waals surface area contributed by atoms with Gasteiger partial charge in [0.05, 0.1) is 0 Å². The quantitative estimate of drug-likeness (QED) is 0.593. The fraction of sp³-hybridized carbons (Fsp3) is 0.214. The molecule has 0 aliphatic carbocycles. The number of pyridine rings is 1. The lowest BCUT2D eigenvalue weighted by atomic mass is 10.1. The smallest absolute Gasteiger partial charge is 0.242 e. The van der Waals surface area contributed by atoms with E-state index in [0.717, 1.165) is 0 Å². The van der Waals surface area contributed by atoms with Crippen molar-refractivity contribution in [2.45, 2.75) is 17.9 Å². The highest BCUT2D eigenvalue weighted by Gasteiger charge is 2.30. The van der Waals surface area contributed by atoms with E-state index in [2.05, 4.69) is 20.9 Å². The number of benzene rings is 1. The van der Waals surface area contributed by atoms with Crippen LogP contribution in [0.25, 0.3) is 0 Å². The summed E-state index contributed by atoms with van der Waals surface area (Å²) < 4.78 is 27.3. The summed E-state index contributed by atoms with van der Waals surface area (Å²) in [6.07, 6.45) is 1.43. The number of hydrogen-bond acceptors (Lipinski definition) is 3. The van der Waals surface area contributed by atoms with E-state index in [-0.39, 0.29) is 10.0 Å². The van der Waals surface area contributed by atoms with Crippen LogP contribution in [0.2, 0.25) is 15.2 Å². The molecule has 1 heterocycles. The van der Waals surface area contributed by atoms with E-state index in [0.29, 0.717) is 20.1 Å². The first-order chi connectivity index (χ1) is 10.6. The average Bonchev–Trinajstić information content (AvgIpc) is 2.48. The van der Waals surface area contributed by atoms with Crippen molar-refractivity contribution in [1.29, 1.82) is 0 Å². The summed E-state index contributed by atoms with van der Waals surface area (Å²) in [5.74, 6) is 0. The fourth-order valence-corrected chi connectivity index (χ4v) is 4.81. The monoisotopic (exact) mass is 456 g/mol. The van der Waals surface area contributed by atoms with Crippen molar-refractivity contribution in [3.8, 4) is 0 Å². The summed E-state index contributed by atoms with van der Waals surface area (Å²) in [6, 6.07) is 5.83. The van der Waals surface area contributed by atoms with E-state index < -0.39 is 16.1 Å². The van der Waals surface area contributed by atoms with Gasteiger partial charge >= 0.3 is 0 Å². The van der Waals surface area contributed by atoms with E-state index in [1.54, 1.807) is 25.1 Å². The van der Waals surface area contributed by atoms with Crippen molar-refractivity contribution in [2.75, 3.05) is 7.05 Å². The Balaban J connectivity index is 2.45. The van der Waals surface area contributed by atoms with Gasteiger partial charge in [-0.1, -0.05) is 40.9 Å². The zero-order valence-electron chi connectivity index (χ0n) is 12.1. The molecule has 0 amide bonds. The molecule has 9 heteroatoms. The van der Waals surface area contributed by atoms with Crippen LogP contribution >= 0.6 is 50.7 Å². The van der Waals surface area contributed by atoms with Gasteiger partial charge in [0.1, 0.15) is 10.0 Å². The third-order valence-corrected chi connectivity index (χ3v) is 6.74. The molecular weight excluding hydrogens is 446 g/mol. The van der Waals surface area contributed by atoms with E-state index in [4.69, 9.17) is 34.8 Å². The molecule has 0 spiro atoms. The standard InChI is InChI=1S/C14H12BrCl3N2O2S/c1-8(11-4-3-10(16)6-12(11)17)20(2)23(21,22)13-5-9(15)7-19-14(13)18/h3-8H,1-2H3. The minimum Gasteiger partial charge on any atom is -0.242 e. The minimum atomic E-state index is -3.85. The Kier molecular flexibility index (Phi) is 5.98. The summed E-state index contributed by atoms with van der Waals surface area (Å²) >= 11 is 21.2. The number of nitrogens with zero attached hydrogens (tertiary/aromatic N) is 2. The molecule has 0 radical (unpaired) electrons. The van der Waals surface area contributed by atoms with Gasteiger partial charge in [-0.05, 0) is 46.6 Å². The number of hydrogen-bond donors (Lipinski definition) is 0. The lowest BCUT2D eigenvalue weighted by Gasteiger charge is -2.25. The topological polar surface area (TPSA) is 50.3 Å². The molecule has 2 rings (SSSR count). The van der Waals surface area contributed by atoms with E-state index in [9.17, 15) is 8.42 Å². The summed E-state index contributed by atoms with van der Waals surface area (Å²) in [4.78, 5) is 3.78. The van der Waals surface area contributed by atoms with Crippen LogP contribution < -0.4 is 0 Å². The molecule has 23 heavy (non-hydrogen) atoms. The number of aromatic nitrogens is 1. The van der Waals surface area contributed by atoms with Gasteiger partial charge in [0.25, 0.3) is 0 Å². The molecule has 1 aromatic carbocycles. The van der Waals surface area contributed by atoms with Crippen LogP contribution in [0, 0.1) is 0 Å². The molecule has 0 saturated heterocycles. The van der Waals surface area contributed by atoms with Crippen LogP contribution in [0.3, 0.4) is 0 Å². The SMILES string of the molecule is CC(c1ccc(Cl)cc1Cl)N(C)S(=O)(=O)c1cc(Br)cnc1Cl. The fourth-order valence-electron chi connectivity index (χ4n) is 1.98. The van der Waals surface area contributed by atoms with Gasteiger partial charge in [-0.2, -0.15) is 4.31 Å². The molecule has 0 aliphatic heterocycles.